The molecule has 0 aromatic carbocycles. The van der Waals surface area contributed by atoms with Crippen molar-refractivity contribution in [3.63, 3.8) is 0 Å². The van der Waals surface area contributed by atoms with Gasteiger partial charge in [-0.2, -0.15) is 0 Å². The first-order valence-corrected chi connectivity index (χ1v) is 5.09. The van der Waals surface area contributed by atoms with E-state index in [0.29, 0.717) is 18.9 Å². The molecule has 0 spiro atoms. The van der Waals surface area contributed by atoms with Gasteiger partial charge in [-0.15, -0.1) is 0 Å². The van der Waals surface area contributed by atoms with Gasteiger partial charge in [0.1, 0.15) is 6.10 Å². The third kappa shape index (κ3) is 4.16. The van der Waals surface area contributed by atoms with Crippen molar-refractivity contribution in [2.45, 2.75) is 31.8 Å². The molecule has 1 aliphatic carbocycles. The maximum Gasteiger partial charge on any atom is 0.328 e. The molecule has 1 saturated carbocycles. The van der Waals surface area contributed by atoms with Crippen molar-refractivity contribution in [2.24, 2.45) is 11.8 Å². The van der Waals surface area contributed by atoms with Crippen molar-refractivity contribution >= 4 is 12.5 Å². The zero-order chi connectivity index (χ0) is 11.1. The Morgan fingerprint density at radius 1 is 1.40 bits per heavy atom. The van der Waals surface area contributed by atoms with Crippen LogP contribution in [0, 0.1) is 5.92 Å². The summed E-state index contributed by atoms with van der Waals surface area (Å²) in [5, 5.41) is 2.66. The molecule has 0 aromatic rings. The van der Waals surface area contributed by atoms with E-state index in [4.69, 9.17) is 10.6 Å². The molecule has 86 valence electrons. The molecule has 0 radical (unpaired) electrons. The largest absolute Gasteiger partial charge is 0.465 e. The van der Waals surface area contributed by atoms with E-state index in [1.165, 1.54) is 0 Å². The van der Waals surface area contributed by atoms with Gasteiger partial charge in [-0.25, -0.2) is 10.6 Å². The van der Waals surface area contributed by atoms with Gasteiger partial charge in [-0.1, -0.05) is 0 Å². The molecule has 1 fully saturated rings. The minimum absolute atomic E-state index is 0.0575. The highest BCUT2D eigenvalue weighted by Gasteiger charge is 2.21. The third-order valence-corrected chi connectivity index (χ3v) is 2.72. The maximum absolute atomic E-state index is 10.8. The van der Waals surface area contributed by atoms with Gasteiger partial charge in [-0.3, -0.25) is 10.2 Å². The lowest BCUT2D eigenvalue weighted by atomic mass is 9.87. The Balaban J connectivity index is 2.14. The fraction of sp³-hybridized carbons (Fsp3) is 0.778. The number of amides is 2. The van der Waals surface area contributed by atoms with Gasteiger partial charge in [0.25, 0.3) is 6.47 Å². The Morgan fingerprint density at radius 2 is 2.07 bits per heavy atom. The average molecular weight is 215 g/mol. The number of carbonyl (C=O) groups is 2. The first-order valence-electron chi connectivity index (χ1n) is 5.09. The number of nitrogens with two attached hydrogens (primary N) is 1. The SMILES string of the molecule is NNC(=O)NCC1CCC(OC=O)CC1. The molecule has 6 heteroatoms. The summed E-state index contributed by atoms with van der Waals surface area (Å²) in [7, 11) is 0. The summed E-state index contributed by atoms with van der Waals surface area (Å²) in [4.78, 5) is 20.9. The van der Waals surface area contributed by atoms with Crippen molar-refractivity contribution in [3.8, 4) is 0 Å². The summed E-state index contributed by atoms with van der Waals surface area (Å²) in [6.07, 6.45) is 3.72. The summed E-state index contributed by atoms with van der Waals surface area (Å²) >= 11 is 0. The number of hydrogen-bond donors (Lipinski definition) is 3. The molecule has 0 unspecified atom stereocenters. The number of ether oxygens (including phenoxy) is 1. The average Bonchev–Trinajstić information content (AvgIpc) is 2.28. The monoisotopic (exact) mass is 215 g/mol. The van der Waals surface area contributed by atoms with E-state index in [2.05, 4.69) is 5.32 Å². The van der Waals surface area contributed by atoms with Crippen molar-refractivity contribution in [1.29, 1.82) is 0 Å². The molecule has 0 atom stereocenters. The van der Waals surface area contributed by atoms with Crippen LogP contribution in [0.1, 0.15) is 25.7 Å². The van der Waals surface area contributed by atoms with Crippen LogP contribution in [-0.4, -0.2) is 25.2 Å². The van der Waals surface area contributed by atoms with Crippen LogP contribution >= 0.6 is 0 Å². The summed E-state index contributed by atoms with van der Waals surface area (Å²) in [5.41, 5.74) is 2.01. The molecule has 0 aromatic heterocycles. The van der Waals surface area contributed by atoms with Gasteiger partial charge in [0, 0.05) is 6.54 Å². The Bertz CT molecular complexity index is 215. The van der Waals surface area contributed by atoms with Crippen molar-refractivity contribution in [1.82, 2.24) is 10.7 Å². The molecule has 15 heavy (non-hydrogen) atoms. The second-order valence-corrected chi connectivity index (χ2v) is 3.73. The van der Waals surface area contributed by atoms with Crippen LogP contribution in [-0.2, 0) is 9.53 Å². The van der Waals surface area contributed by atoms with Gasteiger partial charge in [-0.05, 0) is 31.6 Å². The van der Waals surface area contributed by atoms with Crippen LogP contribution in [0.2, 0.25) is 0 Å². The molecule has 0 bridgehead atoms. The van der Waals surface area contributed by atoms with Crippen molar-refractivity contribution < 1.29 is 14.3 Å². The number of nitrogens with one attached hydrogen (secondary N) is 2. The zero-order valence-corrected chi connectivity index (χ0v) is 8.57. The van der Waals surface area contributed by atoms with E-state index in [-0.39, 0.29) is 12.1 Å². The van der Waals surface area contributed by atoms with Crippen molar-refractivity contribution in [3.05, 3.63) is 0 Å². The van der Waals surface area contributed by atoms with Crippen LogP contribution < -0.4 is 16.6 Å². The van der Waals surface area contributed by atoms with Crippen LogP contribution in [0.3, 0.4) is 0 Å². The topological polar surface area (TPSA) is 93.4 Å². The molecule has 0 saturated heterocycles. The summed E-state index contributed by atoms with van der Waals surface area (Å²) in [5.74, 6) is 5.38. The minimum Gasteiger partial charge on any atom is -0.465 e. The van der Waals surface area contributed by atoms with Crippen LogP contribution in [0.4, 0.5) is 4.79 Å². The summed E-state index contributed by atoms with van der Waals surface area (Å²) in [6, 6.07) is -0.360. The smallest absolute Gasteiger partial charge is 0.328 e. The van der Waals surface area contributed by atoms with E-state index >= 15 is 0 Å². The Hall–Kier alpha value is -1.30. The number of hydrazine groups is 1. The number of carbonyl (C=O) groups excluding carboxylic acids is 2. The first kappa shape index (κ1) is 11.8. The second kappa shape index (κ2) is 6.23. The lowest BCUT2D eigenvalue weighted by molar-refractivity contribution is -0.135. The highest BCUT2D eigenvalue weighted by atomic mass is 16.5. The standard InChI is InChI=1S/C9H17N3O3/c10-12-9(14)11-5-7-1-3-8(4-2-7)15-6-13/h6-8H,1-5,10H2,(H2,11,12,14). The fourth-order valence-electron chi connectivity index (χ4n) is 1.84. The molecule has 2 amide bonds. The quantitative estimate of drug-likeness (QED) is 0.264. The van der Waals surface area contributed by atoms with Gasteiger partial charge in [0.05, 0.1) is 0 Å². The second-order valence-electron chi connectivity index (χ2n) is 3.73. The first-order chi connectivity index (χ1) is 7.26. The molecule has 0 heterocycles. The lowest BCUT2D eigenvalue weighted by Gasteiger charge is -2.27. The zero-order valence-electron chi connectivity index (χ0n) is 8.57. The fourth-order valence-corrected chi connectivity index (χ4v) is 1.84. The van der Waals surface area contributed by atoms with Gasteiger partial charge >= 0.3 is 6.03 Å². The maximum atomic E-state index is 10.8. The minimum atomic E-state index is -0.360. The van der Waals surface area contributed by atoms with Crippen LogP contribution in [0.5, 0.6) is 0 Å². The summed E-state index contributed by atoms with van der Waals surface area (Å²) < 4.78 is 4.88. The highest BCUT2D eigenvalue weighted by Crippen LogP contribution is 2.25. The highest BCUT2D eigenvalue weighted by molar-refractivity contribution is 5.72. The number of urea groups is 1. The molecular weight excluding hydrogens is 198 g/mol. The third-order valence-electron chi connectivity index (χ3n) is 2.72. The Kier molecular flexibility index (Phi) is 4.89. The summed E-state index contributed by atoms with van der Waals surface area (Å²) in [6.45, 7) is 1.13. The molecule has 6 nitrogen and oxygen atoms in total. The predicted octanol–water partition coefficient (Wildman–Crippen LogP) is -0.109. The molecule has 1 rings (SSSR count). The van der Waals surface area contributed by atoms with E-state index in [1.807, 2.05) is 5.43 Å². The molecule has 0 aliphatic heterocycles. The van der Waals surface area contributed by atoms with Crippen molar-refractivity contribution in [2.75, 3.05) is 6.54 Å². The van der Waals surface area contributed by atoms with Gasteiger partial charge < -0.3 is 10.1 Å². The Labute approximate surface area is 88.5 Å². The van der Waals surface area contributed by atoms with E-state index in [9.17, 15) is 9.59 Å². The number of hydrogen-bond acceptors (Lipinski definition) is 4. The van der Waals surface area contributed by atoms with E-state index in [0.717, 1.165) is 25.7 Å². The lowest BCUT2D eigenvalue weighted by Crippen LogP contribution is -2.42. The number of rotatable bonds is 4. The molecule has 4 N–H and O–H groups in total. The van der Waals surface area contributed by atoms with Gasteiger partial charge in [0.2, 0.25) is 0 Å². The van der Waals surface area contributed by atoms with Crippen LogP contribution in [0.15, 0.2) is 0 Å². The van der Waals surface area contributed by atoms with E-state index < -0.39 is 0 Å². The molecule has 1 aliphatic rings. The Morgan fingerprint density at radius 3 is 2.60 bits per heavy atom. The predicted molar refractivity (Wildman–Crippen MR) is 53.6 cm³/mol. The van der Waals surface area contributed by atoms with Gasteiger partial charge in [0.15, 0.2) is 0 Å². The molecular formula is C9H17N3O3. The van der Waals surface area contributed by atoms with Crippen LogP contribution in [0.25, 0.3) is 0 Å². The van der Waals surface area contributed by atoms with E-state index in [1.54, 1.807) is 0 Å². The normalized spacial score (nSPS) is 25.4.